The lowest BCUT2D eigenvalue weighted by molar-refractivity contribution is 0.122. The summed E-state index contributed by atoms with van der Waals surface area (Å²) in [5.41, 5.74) is 0.416. The van der Waals surface area contributed by atoms with E-state index in [1.165, 1.54) is 12.5 Å². The van der Waals surface area contributed by atoms with Gasteiger partial charge in [0.15, 0.2) is 5.65 Å². The lowest BCUT2D eigenvalue weighted by atomic mass is 10.3. The third-order valence-electron chi connectivity index (χ3n) is 2.98. The molecular formula is C11H12N4O3. The van der Waals surface area contributed by atoms with Crippen molar-refractivity contribution in [2.24, 2.45) is 0 Å². The van der Waals surface area contributed by atoms with E-state index in [1.54, 1.807) is 6.07 Å². The first-order valence-electron chi connectivity index (χ1n) is 5.65. The number of nitrogens with zero attached hydrogens (tertiary/aromatic N) is 4. The van der Waals surface area contributed by atoms with Gasteiger partial charge in [-0.3, -0.25) is 0 Å². The van der Waals surface area contributed by atoms with Crippen molar-refractivity contribution in [3.05, 3.63) is 18.6 Å². The van der Waals surface area contributed by atoms with E-state index in [9.17, 15) is 4.79 Å². The second kappa shape index (κ2) is 4.26. The zero-order valence-electron chi connectivity index (χ0n) is 9.61. The van der Waals surface area contributed by atoms with E-state index in [-0.39, 0.29) is 0 Å². The van der Waals surface area contributed by atoms with Gasteiger partial charge < -0.3 is 14.7 Å². The van der Waals surface area contributed by atoms with Crippen molar-refractivity contribution in [2.45, 2.75) is 0 Å². The van der Waals surface area contributed by atoms with E-state index in [4.69, 9.17) is 9.84 Å². The lowest BCUT2D eigenvalue weighted by Gasteiger charge is -2.28. The Morgan fingerprint density at radius 2 is 2.11 bits per heavy atom. The van der Waals surface area contributed by atoms with Gasteiger partial charge in [-0.05, 0) is 6.07 Å². The van der Waals surface area contributed by atoms with Gasteiger partial charge in [0.25, 0.3) is 0 Å². The van der Waals surface area contributed by atoms with Crippen molar-refractivity contribution in [1.29, 1.82) is 0 Å². The molecule has 2 aromatic rings. The highest BCUT2D eigenvalue weighted by atomic mass is 16.5. The van der Waals surface area contributed by atoms with Crippen molar-refractivity contribution in [1.82, 2.24) is 14.5 Å². The highest BCUT2D eigenvalue weighted by molar-refractivity contribution is 5.93. The Kier molecular flexibility index (Phi) is 2.60. The van der Waals surface area contributed by atoms with Crippen LogP contribution in [0.1, 0.15) is 0 Å². The number of aromatic nitrogens is 3. The van der Waals surface area contributed by atoms with Crippen molar-refractivity contribution in [3.63, 3.8) is 0 Å². The van der Waals surface area contributed by atoms with Gasteiger partial charge in [-0.2, -0.15) is 0 Å². The van der Waals surface area contributed by atoms with Gasteiger partial charge >= 0.3 is 6.09 Å². The minimum atomic E-state index is -1.04. The van der Waals surface area contributed by atoms with Crippen LogP contribution < -0.4 is 4.90 Å². The summed E-state index contributed by atoms with van der Waals surface area (Å²) in [5, 5.41) is 9.79. The summed E-state index contributed by atoms with van der Waals surface area (Å²) in [6, 6.07) is 1.73. The number of ether oxygens (including phenoxy) is 1. The fraction of sp³-hybridized carbons (Fsp3) is 0.364. The van der Waals surface area contributed by atoms with Crippen molar-refractivity contribution in [2.75, 3.05) is 31.2 Å². The number of rotatable bonds is 1. The van der Waals surface area contributed by atoms with Gasteiger partial charge in [-0.1, -0.05) is 0 Å². The fourth-order valence-corrected chi connectivity index (χ4v) is 2.12. The second-order valence-electron chi connectivity index (χ2n) is 4.00. The van der Waals surface area contributed by atoms with E-state index < -0.39 is 6.09 Å². The molecule has 1 aliphatic rings. The van der Waals surface area contributed by atoms with Crippen LogP contribution in [0.3, 0.4) is 0 Å². The summed E-state index contributed by atoms with van der Waals surface area (Å²) in [7, 11) is 0. The molecule has 0 saturated carbocycles. The number of anilines is 1. The van der Waals surface area contributed by atoms with Crippen LogP contribution in [0.4, 0.5) is 10.6 Å². The molecule has 18 heavy (non-hydrogen) atoms. The Morgan fingerprint density at radius 1 is 1.33 bits per heavy atom. The number of morpholine rings is 1. The molecule has 0 aromatic carbocycles. The average molecular weight is 248 g/mol. The summed E-state index contributed by atoms with van der Waals surface area (Å²) < 4.78 is 6.39. The smallest absolute Gasteiger partial charge is 0.417 e. The highest BCUT2D eigenvalue weighted by Gasteiger charge is 2.18. The van der Waals surface area contributed by atoms with Gasteiger partial charge in [-0.15, -0.1) is 0 Å². The first-order chi connectivity index (χ1) is 8.77. The van der Waals surface area contributed by atoms with Crippen LogP contribution in [-0.4, -0.2) is 52.0 Å². The molecule has 3 heterocycles. The predicted octanol–water partition coefficient (Wildman–Crippen LogP) is 0.794. The molecule has 1 fully saturated rings. The van der Waals surface area contributed by atoms with Gasteiger partial charge in [0, 0.05) is 19.3 Å². The maximum Gasteiger partial charge on any atom is 0.417 e. The van der Waals surface area contributed by atoms with Crippen LogP contribution in [-0.2, 0) is 4.74 Å². The average Bonchev–Trinajstić information content (AvgIpc) is 2.83. The van der Waals surface area contributed by atoms with E-state index in [0.29, 0.717) is 18.9 Å². The Hall–Kier alpha value is -2.15. The molecule has 0 atom stereocenters. The van der Waals surface area contributed by atoms with Gasteiger partial charge in [-0.25, -0.2) is 19.3 Å². The van der Waals surface area contributed by atoms with E-state index in [1.807, 2.05) is 0 Å². The molecule has 0 aliphatic carbocycles. The Labute approximate surface area is 103 Å². The molecule has 1 saturated heterocycles. The van der Waals surface area contributed by atoms with Crippen LogP contribution in [0.15, 0.2) is 18.6 Å². The molecule has 0 unspecified atom stereocenters. The maximum absolute atomic E-state index is 11.0. The van der Waals surface area contributed by atoms with Crippen LogP contribution in [0, 0.1) is 0 Å². The quantitative estimate of drug-likeness (QED) is 0.803. The van der Waals surface area contributed by atoms with Crippen LogP contribution in [0.25, 0.3) is 11.0 Å². The normalized spacial score (nSPS) is 16.1. The highest BCUT2D eigenvalue weighted by Crippen LogP contribution is 2.24. The number of carbonyl (C=O) groups is 1. The zero-order chi connectivity index (χ0) is 12.5. The molecule has 1 N–H and O–H groups in total. The van der Waals surface area contributed by atoms with Crippen molar-refractivity contribution < 1.29 is 14.6 Å². The minimum absolute atomic E-state index is 0.416. The molecule has 0 radical (unpaired) electrons. The Morgan fingerprint density at radius 3 is 2.83 bits per heavy atom. The monoisotopic (exact) mass is 248 g/mol. The van der Waals surface area contributed by atoms with E-state index >= 15 is 0 Å². The van der Waals surface area contributed by atoms with Crippen LogP contribution >= 0.6 is 0 Å². The Bertz CT molecular complexity index is 589. The Balaban J connectivity index is 2.09. The number of carboxylic acid groups (broad SMARTS) is 1. The van der Waals surface area contributed by atoms with Crippen LogP contribution in [0.5, 0.6) is 0 Å². The standard InChI is InChI=1S/C11H12N4O3/c16-11(17)15-2-1-8-9(12-7-13-10(8)15)14-3-5-18-6-4-14/h1-2,7H,3-6H2,(H,16,17). The molecule has 3 rings (SSSR count). The van der Waals surface area contributed by atoms with E-state index in [2.05, 4.69) is 14.9 Å². The fourth-order valence-electron chi connectivity index (χ4n) is 2.12. The summed E-state index contributed by atoms with van der Waals surface area (Å²) in [6.45, 7) is 2.82. The predicted molar refractivity (Wildman–Crippen MR) is 64.0 cm³/mol. The topological polar surface area (TPSA) is 80.5 Å². The minimum Gasteiger partial charge on any atom is -0.464 e. The number of hydrogen-bond donors (Lipinski definition) is 1. The molecular weight excluding hydrogens is 236 g/mol. The zero-order valence-corrected chi connectivity index (χ0v) is 9.61. The van der Waals surface area contributed by atoms with Gasteiger partial charge in [0.1, 0.15) is 12.1 Å². The number of hydrogen-bond acceptors (Lipinski definition) is 5. The molecule has 0 bridgehead atoms. The third-order valence-corrected chi connectivity index (χ3v) is 2.98. The summed E-state index contributed by atoms with van der Waals surface area (Å²) in [6.07, 6.45) is 1.84. The van der Waals surface area contributed by atoms with E-state index in [0.717, 1.165) is 28.9 Å². The SMILES string of the molecule is O=C(O)n1ccc2c(N3CCOCC3)ncnc21. The van der Waals surface area contributed by atoms with Gasteiger partial charge in [0.2, 0.25) is 0 Å². The molecule has 94 valence electrons. The molecule has 7 nitrogen and oxygen atoms in total. The second-order valence-corrected chi connectivity index (χ2v) is 4.00. The molecule has 2 aromatic heterocycles. The molecule has 7 heteroatoms. The van der Waals surface area contributed by atoms with Crippen molar-refractivity contribution in [3.8, 4) is 0 Å². The first-order valence-corrected chi connectivity index (χ1v) is 5.65. The van der Waals surface area contributed by atoms with Crippen molar-refractivity contribution >= 4 is 22.9 Å². The molecule has 0 spiro atoms. The summed E-state index contributed by atoms with van der Waals surface area (Å²) >= 11 is 0. The van der Waals surface area contributed by atoms with Gasteiger partial charge in [0.05, 0.1) is 18.6 Å². The van der Waals surface area contributed by atoms with Crippen LogP contribution in [0.2, 0.25) is 0 Å². The summed E-state index contributed by atoms with van der Waals surface area (Å²) in [5.74, 6) is 0.767. The largest absolute Gasteiger partial charge is 0.464 e. The molecule has 1 aliphatic heterocycles. The first kappa shape index (κ1) is 11.0. The molecule has 0 amide bonds. The maximum atomic E-state index is 11.0. The lowest BCUT2D eigenvalue weighted by Crippen LogP contribution is -2.36. The third kappa shape index (κ3) is 1.68. The summed E-state index contributed by atoms with van der Waals surface area (Å²) in [4.78, 5) is 21.4. The number of fused-ring (bicyclic) bond motifs is 1.